The van der Waals surface area contributed by atoms with Gasteiger partial charge in [-0.3, -0.25) is 4.99 Å². The zero-order valence-corrected chi connectivity index (χ0v) is 13.0. The van der Waals surface area contributed by atoms with Crippen molar-refractivity contribution in [2.24, 2.45) is 4.99 Å². The maximum Gasteiger partial charge on any atom is 0.341 e. The van der Waals surface area contributed by atoms with Crippen molar-refractivity contribution in [3.8, 4) is 5.75 Å². The highest BCUT2D eigenvalue weighted by Gasteiger charge is 2.13. The fourth-order valence-corrected chi connectivity index (χ4v) is 1.78. The number of ether oxygens (including phenoxy) is 2. The zero-order chi connectivity index (χ0) is 15.7. The van der Waals surface area contributed by atoms with E-state index >= 15 is 0 Å². The summed E-state index contributed by atoms with van der Waals surface area (Å²) >= 11 is 0. The van der Waals surface area contributed by atoms with Crippen molar-refractivity contribution in [1.29, 1.82) is 0 Å². The van der Waals surface area contributed by atoms with E-state index < -0.39 is 5.97 Å². The number of nitrogens with zero attached hydrogens (tertiary/aromatic N) is 1. The lowest BCUT2D eigenvalue weighted by Gasteiger charge is -2.13. The van der Waals surface area contributed by atoms with Gasteiger partial charge in [0.05, 0.1) is 14.2 Å². The lowest BCUT2D eigenvalue weighted by molar-refractivity contribution is 0.0597. The number of methoxy groups -OCH3 is 2. The van der Waals surface area contributed by atoms with Gasteiger partial charge in [0, 0.05) is 20.1 Å². The quantitative estimate of drug-likeness (QED) is 0.473. The zero-order valence-electron chi connectivity index (χ0n) is 13.0. The van der Waals surface area contributed by atoms with Gasteiger partial charge in [-0.2, -0.15) is 0 Å². The third kappa shape index (κ3) is 4.98. The van der Waals surface area contributed by atoms with E-state index in [-0.39, 0.29) is 0 Å². The maximum atomic E-state index is 11.7. The van der Waals surface area contributed by atoms with Crippen molar-refractivity contribution in [2.45, 2.75) is 19.9 Å². The van der Waals surface area contributed by atoms with Crippen LogP contribution in [-0.2, 0) is 11.3 Å². The summed E-state index contributed by atoms with van der Waals surface area (Å²) in [7, 11) is 4.60. The van der Waals surface area contributed by atoms with E-state index in [1.807, 2.05) is 6.07 Å². The Morgan fingerprint density at radius 2 is 2.05 bits per heavy atom. The Morgan fingerprint density at radius 1 is 1.29 bits per heavy atom. The molecular formula is C15H23N3O3. The van der Waals surface area contributed by atoms with Crippen LogP contribution in [0.2, 0.25) is 0 Å². The van der Waals surface area contributed by atoms with Crippen molar-refractivity contribution in [3.63, 3.8) is 0 Å². The molecule has 0 aromatic heterocycles. The van der Waals surface area contributed by atoms with Crippen molar-refractivity contribution in [3.05, 3.63) is 29.3 Å². The van der Waals surface area contributed by atoms with Crippen LogP contribution >= 0.6 is 0 Å². The predicted octanol–water partition coefficient (Wildman–Crippen LogP) is 1.56. The number of guanidine groups is 1. The molecule has 0 radical (unpaired) electrons. The van der Waals surface area contributed by atoms with Gasteiger partial charge in [-0.05, 0) is 24.1 Å². The number of nitrogens with one attached hydrogen (secondary N) is 2. The fraction of sp³-hybridized carbons (Fsp3) is 0.467. The van der Waals surface area contributed by atoms with Gasteiger partial charge < -0.3 is 20.1 Å². The van der Waals surface area contributed by atoms with Gasteiger partial charge in [0.1, 0.15) is 11.3 Å². The first-order valence-corrected chi connectivity index (χ1v) is 6.86. The summed E-state index contributed by atoms with van der Waals surface area (Å²) in [5.41, 5.74) is 1.35. The van der Waals surface area contributed by atoms with Gasteiger partial charge in [0.2, 0.25) is 0 Å². The molecule has 6 nitrogen and oxygen atoms in total. The van der Waals surface area contributed by atoms with Gasteiger partial charge in [0.25, 0.3) is 0 Å². The summed E-state index contributed by atoms with van der Waals surface area (Å²) in [6, 6.07) is 5.40. The molecule has 0 heterocycles. The summed E-state index contributed by atoms with van der Waals surface area (Å²) in [6.45, 7) is 3.50. The largest absolute Gasteiger partial charge is 0.496 e. The highest BCUT2D eigenvalue weighted by molar-refractivity contribution is 5.92. The lowest BCUT2D eigenvalue weighted by Crippen LogP contribution is -2.37. The lowest BCUT2D eigenvalue weighted by atomic mass is 10.1. The smallest absolute Gasteiger partial charge is 0.341 e. The van der Waals surface area contributed by atoms with Crippen LogP contribution in [0.5, 0.6) is 5.75 Å². The molecule has 0 fully saturated rings. The molecule has 116 valence electrons. The number of hydrogen-bond donors (Lipinski definition) is 2. The van der Waals surface area contributed by atoms with E-state index in [1.165, 1.54) is 14.2 Å². The molecule has 1 aromatic rings. The number of benzene rings is 1. The molecular weight excluding hydrogens is 270 g/mol. The Hall–Kier alpha value is -2.24. The fourth-order valence-electron chi connectivity index (χ4n) is 1.78. The minimum Gasteiger partial charge on any atom is -0.496 e. The molecule has 0 aliphatic carbocycles. The number of carbonyl (C=O) groups is 1. The number of hydrogen-bond acceptors (Lipinski definition) is 4. The van der Waals surface area contributed by atoms with Crippen LogP contribution < -0.4 is 15.4 Å². The van der Waals surface area contributed by atoms with Crippen molar-refractivity contribution in [2.75, 3.05) is 27.8 Å². The van der Waals surface area contributed by atoms with Crippen LogP contribution in [0.3, 0.4) is 0 Å². The summed E-state index contributed by atoms with van der Waals surface area (Å²) < 4.78 is 9.92. The first-order valence-electron chi connectivity index (χ1n) is 6.86. The molecule has 0 amide bonds. The van der Waals surface area contributed by atoms with Gasteiger partial charge in [-0.15, -0.1) is 0 Å². The molecule has 0 saturated carbocycles. The van der Waals surface area contributed by atoms with Gasteiger partial charge in [-0.1, -0.05) is 13.0 Å². The van der Waals surface area contributed by atoms with E-state index in [0.29, 0.717) is 17.9 Å². The van der Waals surface area contributed by atoms with Crippen LogP contribution in [-0.4, -0.2) is 39.7 Å². The second-order valence-corrected chi connectivity index (χ2v) is 4.38. The first kappa shape index (κ1) is 16.8. The molecule has 6 heteroatoms. The van der Waals surface area contributed by atoms with Gasteiger partial charge in [0.15, 0.2) is 5.96 Å². The van der Waals surface area contributed by atoms with Crippen molar-refractivity contribution in [1.82, 2.24) is 10.6 Å². The molecule has 0 saturated heterocycles. The average molecular weight is 293 g/mol. The van der Waals surface area contributed by atoms with Crippen LogP contribution in [0.1, 0.15) is 29.3 Å². The van der Waals surface area contributed by atoms with Gasteiger partial charge in [-0.25, -0.2) is 4.79 Å². The normalized spacial score (nSPS) is 11.0. The van der Waals surface area contributed by atoms with Crippen LogP contribution in [0.15, 0.2) is 23.2 Å². The summed E-state index contributed by atoms with van der Waals surface area (Å²) in [5, 5.41) is 6.37. The third-order valence-corrected chi connectivity index (χ3v) is 2.90. The number of esters is 1. The Labute approximate surface area is 125 Å². The highest BCUT2D eigenvalue weighted by atomic mass is 16.5. The van der Waals surface area contributed by atoms with Crippen LogP contribution in [0.25, 0.3) is 0 Å². The number of aliphatic imine (C=N–C) groups is 1. The molecule has 1 aromatic carbocycles. The van der Waals surface area contributed by atoms with Crippen molar-refractivity contribution < 1.29 is 14.3 Å². The third-order valence-electron chi connectivity index (χ3n) is 2.90. The Balaban J connectivity index is 2.78. The summed E-state index contributed by atoms with van der Waals surface area (Å²) in [6.07, 6.45) is 1.02. The molecule has 0 bridgehead atoms. The number of carbonyl (C=O) groups excluding carboxylic acids is 1. The van der Waals surface area contributed by atoms with Gasteiger partial charge >= 0.3 is 5.97 Å². The topological polar surface area (TPSA) is 72.0 Å². The van der Waals surface area contributed by atoms with E-state index in [2.05, 4.69) is 22.5 Å². The summed E-state index contributed by atoms with van der Waals surface area (Å²) in [5.74, 6) is 0.813. The Kier molecular flexibility index (Phi) is 7.08. The monoisotopic (exact) mass is 293 g/mol. The standard InChI is InChI=1S/C15H23N3O3/c1-5-8-17-15(16-2)18-10-11-6-7-13(20-3)12(9-11)14(19)21-4/h6-7,9H,5,8,10H2,1-4H3,(H2,16,17,18). The molecule has 21 heavy (non-hydrogen) atoms. The molecule has 1 rings (SSSR count). The molecule has 0 atom stereocenters. The van der Waals surface area contributed by atoms with E-state index in [9.17, 15) is 4.79 Å². The minimum atomic E-state index is -0.415. The average Bonchev–Trinajstić information content (AvgIpc) is 2.54. The summed E-state index contributed by atoms with van der Waals surface area (Å²) in [4.78, 5) is 15.8. The highest BCUT2D eigenvalue weighted by Crippen LogP contribution is 2.20. The maximum absolute atomic E-state index is 11.7. The van der Waals surface area contributed by atoms with Crippen molar-refractivity contribution >= 4 is 11.9 Å². The Morgan fingerprint density at radius 3 is 2.62 bits per heavy atom. The minimum absolute atomic E-state index is 0.413. The van der Waals surface area contributed by atoms with E-state index in [0.717, 1.165) is 24.5 Å². The second kappa shape index (κ2) is 8.84. The first-order chi connectivity index (χ1) is 10.2. The molecule has 0 aliphatic heterocycles. The molecule has 0 unspecified atom stereocenters. The van der Waals surface area contributed by atoms with Crippen LogP contribution in [0.4, 0.5) is 0 Å². The molecule has 2 N–H and O–H groups in total. The Bertz CT molecular complexity index is 501. The predicted molar refractivity (Wildman–Crippen MR) is 82.8 cm³/mol. The molecule has 0 aliphatic rings. The second-order valence-electron chi connectivity index (χ2n) is 4.38. The SMILES string of the molecule is CCCNC(=NC)NCc1ccc(OC)c(C(=O)OC)c1. The van der Waals surface area contributed by atoms with E-state index in [1.54, 1.807) is 19.2 Å². The van der Waals surface area contributed by atoms with E-state index in [4.69, 9.17) is 9.47 Å². The van der Waals surface area contributed by atoms with Crippen LogP contribution in [0, 0.1) is 0 Å². The number of rotatable bonds is 6. The molecule has 0 spiro atoms.